The summed E-state index contributed by atoms with van der Waals surface area (Å²) >= 11 is 0. The highest BCUT2D eigenvalue weighted by molar-refractivity contribution is 6.02. The summed E-state index contributed by atoms with van der Waals surface area (Å²) in [6.07, 6.45) is 1.12. The van der Waals surface area contributed by atoms with Crippen molar-refractivity contribution in [3.05, 3.63) is 29.8 Å². The van der Waals surface area contributed by atoms with Gasteiger partial charge in [0.1, 0.15) is 11.5 Å². The van der Waals surface area contributed by atoms with E-state index in [0.717, 1.165) is 6.20 Å². The molecule has 0 saturated carbocycles. The highest BCUT2D eigenvalue weighted by Gasteiger charge is 2.18. The number of hydrogen-bond acceptors (Lipinski definition) is 4. The highest BCUT2D eigenvalue weighted by atomic mass is 19.3. The number of aryl methyl sites for hydroxylation is 1. The number of amides is 1. The van der Waals surface area contributed by atoms with Gasteiger partial charge in [-0.3, -0.25) is 4.79 Å². The zero-order valence-electron chi connectivity index (χ0n) is 8.72. The molecule has 0 aliphatic rings. The molecule has 90 valence electrons. The summed E-state index contributed by atoms with van der Waals surface area (Å²) in [7, 11) is 0. The average Bonchev–Trinajstić information content (AvgIpc) is 2.86. The average molecular weight is 242 g/mol. The zero-order valence-corrected chi connectivity index (χ0v) is 8.72. The minimum atomic E-state index is -2.87. The first-order chi connectivity index (χ1) is 8.08. The second-order valence-corrected chi connectivity index (χ2v) is 3.22. The second kappa shape index (κ2) is 4.32. The quantitative estimate of drug-likeness (QED) is 0.891. The zero-order chi connectivity index (χ0) is 12.4. The third-order valence-electron chi connectivity index (χ3n) is 1.96. The molecule has 2 rings (SSSR count). The van der Waals surface area contributed by atoms with Crippen LogP contribution in [0.25, 0.3) is 0 Å². The molecule has 0 saturated heterocycles. The van der Waals surface area contributed by atoms with Gasteiger partial charge in [-0.15, -0.1) is 0 Å². The number of carbonyl (C=O) groups excluding carboxylic acids is 1. The van der Waals surface area contributed by atoms with E-state index < -0.39 is 12.5 Å². The smallest absolute Gasteiger partial charge is 0.333 e. The summed E-state index contributed by atoms with van der Waals surface area (Å²) in [6.45, 7) is -1.23. The fourth-order valence-corrected chi connectivity index (χ4v) is 1.26. The summed E-state index contributed by atoms with van der Waals surface area (Å²) in [6, 6.07) is 2.66. The van der Waals surface area contributed by atoms with Crippen LogP contribution in [0, 0.1) is 6.92 Å². The lowest BCUT2D eigenvalue weighted by atomic mass is 10.4. The molecule has 2 heterocycles. The number of nitrogens with zero attached hydrogens (tertiary/aromatic N) is 3. The molecule has 17 heavy (non-hydrogen) atoms. The van der Waals surface area contributed by atoms with Gasteiger partial charge in [0.2, 0.25) is 0 Å². The molecule has 0 aliphatic heterocycles. The van der Waals surface area contributed by atoms with Gasteiger partial charge in [-0.2, -0.15) is 18.6 Å². The first-order valence-corrected chi connectivity index (χ1v) is 4.64. The number of halogens is 2. The molecule has 0 bridgehead atoms. The van der Waals surface area contributed by atoms with Crippen LogP contribution < -0.4 is 5.32 Å². The second-order valence-electron chi connectivity index (χ2n) is 3.22. The molecule has 0 spiro atoms. The maximum Gasteiger partial charge on any atom is 0.333 e. The fraction of sp³-hybridized carbons (Fsp3) is 0.222. The van der Waals surface area contributed by atoms with Crippen molar-refractivity contribution in [2.45, 2.75) is 13.5 Å². The minimum Gasteiger partial charge on any atom is -0.360 e. The van der Waals surface area contributed by atoms with Gasteiger partial charge in [0.05, 0.1) is 0 Å². The minimum absolute atomic E-state index is 0.162. The molecule has 8 heteroatoms. The van der Waals surface area contributed by atoms with E-state index in [4.69, 9.17) is 4.52 Å². The third kappa shape index (κ3) is 2.30. The molecule has 2 aromatic heterocycles. The molecule has 1 amide bonds. The highest BCUT2D eigenvalue weighted by Crippen LogP contribution is 2.14. The van der Waals surface area contributed by atoms with Gasteiger partial charge in [0.25, 0.3) is 5.91 Å². The molecule has 0 aromatic carbocycles. The van der Waals surface area contributed by atoms with Gasteiger partial charge in [0.15, 0.2) is 5.82 Å². The maximum atomic E-state index is 12.5. The number of rotatable bonds is 3. The van der Waals surface area contributed by atoms with Crippen molar-refractivity contribution in [2.75, 3.05) is 5.32 Å². The Hall–Kier alpha value is -2.25. The number of alkyl halides is 2. The predicted octanol–water partition coefficient (Wildman–Crippen LogP) is 1.83. The molecule has 1 N–H and O–H groups in total. The topological polar surface area (TPSA) is 73.0 Å². The Morgan fingerprint density at radius 3 is 2.94 bits per heavy atom. The summed E-state index contributed by atoms with van der Waals surface area (Å²) in [5.41, 5.74) is -0.249. The van der Waals surface area contributed by atoms with E-state index in [1.807, 2.05) is 0 Å². The Morgan fingerprint density at radius 2 is 2.35 bits per heavy atom. The third-order valence-corrected chi connectivity index (χ3v) is 1.96. The maximum absolute atomic E-state index is 12.5. The molecule has 0 fully saturated rings. The molecular weight excluding hydrogens is 234 g/mol. The summed E-state index contributed by atoms with van der Waals surface area (Å²) in [4.78, 5) is 11.6. The van der Waals surface area contributed by atoms with Crippen molar-refractivity contribution in [2.24, 2.45) is 0 Å². The van der Waals surface area contributed by atoms with Crippen molar-refractivity contribution in [3.63, 3.8) is 0 Å². The van der Waals surface area contributed by atoms with Crippen LogP contribution in [0.15, 0.2) is 22.9 Å². The van der Waals surface area contributed by atoms with Gasteiger partial charge in [0, 0.05) is 12.3 Å². The lowest BCUT2D eigenvalue weighted by Gasteiger charge is -2.04. The Kier molecular flexibility index (Phi) is 2.86. The van der Waals surface area contributed by atoms with E-state index in [9.17, 15) is 13.6 Å². The van der Waals surface area contributed by atoms with Crippen LogP contribution in [0.4, 0.5) is 14.6 Å². The van der Waals surface area contributed by atoms with Crippen LogP contribution >= 0.6 is 0 Å². The Bertz CT molecular complexity index is 535. The first-order valence-electron chi connectivity index (χ1n) is 4.64. The van der Waals surface area contributed by atoms with E-state index in [1.165, 1.54) is 12.1 Å². The number of anilines is 1. The summed E-state index contributed by atoms with van der Waals surface area (Å²) < 4.78 is 29.9. The van der Waals surface area contributed by atoms with Gasteiger partial charge < -0.3 is 9.84 Å². The number of hydrogen-bond donors (Lipinski definition) is 1. The van der Waals surface area contributed by atoms with E-state index in [1.54, 1.807) is 6.92 Å². The number of carbonyl (C=O) groups is 1. The largest absolute Gasteiger partial charge is 0.360 e. The van der Waals surface area contributed by atoms with Crippen LogP contribution in [0.3, 0.4) is 0 Å². The first kappa shape index (κ1) is 11.2. The van der Waals surface area contributed by atoms with Gasteiger partial charge >= 0.3 is 6.55 Å². The predicted molar refractivity (Wildman–Crippen MR) is 52.7 cm³/mol. The lowest BCUT2D eigenvalue weighted by molar-refractivity contribution is 0.0520. The van der Waals surface area contributed by atoms with Crippen molar-refractivity contribution < 1.29 is 18.1 Å². The molecule has 0 aliphatic carbocycles. The number of aromatic nitrogens is 3. The van der Waals surface area contributed by atoms with Gasteiger partial charge in [-0.25, -0.2) is 0 Å². The normalized spacial score (nSPS) is 10.8. The van der Waals surface area contributed by atoms with Crippen LogP contribution in [-0.2, 0) is 0 Å². The van der Waals surface area contributed by atoms with Crippen molar-refractivity contribution in [1.82, 2.24) is 14.9 Å². The standard InChI is InChI=1S/C9H8F2N4O2/c1-5-4-7(14-17-5)13-8(16)6-2-3-12-15(6)9(10)11/h2-4,9H,1H3,(H,13,14,16). The molecule has 0 atom stereocenters. The SMILES string of the molecule is Cc1cc(NC(=O)c2ccnn2C(F)F)no1. The van der Waals surface area contributed by atoms with Crippen molar-refractivity contribution in [1.29, 1.82) is 0 Å². The molecule has 0 unspecified atom stereocenters. The van der Waals surface area contributed by atoms with Crippen LogP contribution in [-0.4, -0.2) is 20.8 Å². The molecule has 6 nitrogen and oxygen atoms in total. The van der Waals surface area contributed by atoms with E-state index in [2.05, 4.69) is 15.6 Å². The lowest BCUT2D eigenvalue weighted by Crippen LogP contribution is -2.18. The number of nitrogens with one attached hydrogen (secondary N) is 1. The molecular formula is C9H8F2N4O2. The van der Waals surface area contributed by atoms with Gasteiger partial charge in [-0.05, 0) is 13.0 Å². The van der Waals surface area contributed by atoms with Gasteiger partial charge in [-0.1, -0.05) is 5.16 Å². The summed E-state index contributed by atoms with van der Waals surface area (Å²) in [5, 5.41) is 9.18. The van der Waals surface area contributed by atoms with E-state index in [-0.39, 0.29) is 11.5 Å². The molecule has 2 aromatic rings. The van der Waals surface area contributed by atoms with E-state index in [0.29, 0.717) is 10.4 Å². The fourth-order valence-electron chi connectivity index (χ4n) is 1.26. The van der Waals surface area contributed by atoms with E-state index >= 15 is 0 Å². The Balaban J connectivity index is 2.17. The van der Waals surface area contributed by atoms with Crippen LogP contribution in [0.2, 0.25) is 0 Å². The molecule has 0 radical (unpaired) electrons. The Labute approximate surface area is 94.2 Å². The van der Waals surface area contributed by atoms with Crippen LogP contribution in [0.5, 0.6) is 0 Å². The van der Waals surface area contributed by atoms with Crippen molar-refractivity contribution in [3.8, 4) is 0 Å². The van der Waals surface area contributed by atoms with Crippen molar-refractivity contribution >= 4 is 11.7 Å². The Morgan fingerprint density at radius 1 is 1.59 bits per heavy atom. The summed E-state index contributed by atoms with van der Waals surface area (Å²) in [5.74, 6) is -0.0618. The van der Waals surface area contributed by atoms with Crippen LogP contribution in [0.1, 0.15) is 22.8 Å². The monoisotopic (exact) mass is 242 g/mol.